The van der Waals surface area contributed by atoms with Gasteiger partial charge in [0.25, 0.3) is 0 Å². The van der Waals surface area contributed by atoms with E-state index < -0.39 is 18.1 Å². The SMILES string of the molecule is CN(C)c1cccc(CNCC(O)[C@H](Cc2ccccc2)NC(=O)[C@@H]2CC(=O)N(CCc3ccccc3)C2)c1. The number of carbonyl (C=O) groups excluding carboxylic acids is 2. The molecule has 39 heavy (non-hydrogen) atoms. The minimum Gasteiger partial charge on any atom is -0.390 e. The van der Waals surface area contributed by atoms with Crippen LogP contribution in [0.5, 0.6) is 0 Å². The van der Waals surface area contributed by atoms with E-state index in [1.165, 1.54) is 5.56 Å². The molecule has 3 N–H and O–H groups in total. The third kappa shape index (κ3) is 8.40. The van der Waals surface area contributed by atoms with Crippen molar-refractivity contribution in [2.45, 2.75) is 38.0 Å². The van der Waals surface area contributed by atoms with Crippen molar-refractivity contribution in [2.24, 2.45) is 5.92 Å². The Morgan fingerprint density at radius 3 is 2.33 bits per heavy atom. The molecule has 1 aliphatic rings. The number of nitrogens with one attached hydrogen (secondary N) is 2. The fourth-order valence-corrected chi connectivity index (χ4v) is 4.98. The van der Waals surface area contributed by atoms with Crippen LogP contribution in [0.1, 0.15) is 23.1 Å². The number of hydrogen-bond acceptors (Lipinski definition) is 5. The number of carbonyl (C=O) groups is 2. The Hall–Kier alpha value is -3.68. The van der Waals surface area contributed by atoms with E-state index in [0.29, 0.717) is 32.6 Å². The highest BCUT2D eigenvalue weighted by Crippen LogP contribution is 2.20. The van der Waals surface area contributed by atoms with Crippen LogP contribution in [0.4, 0.5) is 5.69 Å². The smallest absolute Gasteiger partial charge is 0.225 e. The third-order valence-corrected chi connectivity index (χ3v) is 7.30. The second-order valence-corrected chi connectivity index (χ2v) is 10.5. The van der Waals surface area contributed by atoms with Crippen molar-refractivity contribution in [1.82, 2.24) is 15.5 Å². The van der Waals surface area contributed by atoms with Gasteiger partial charge in [0.2, 0.25) is 11.8 Å². The fraction of sp³-hybridized carbons (Fsp3) is 0.375. The lowest BCUT2D eigenvalue weighted by molar-refractivity contribution is -0.129. The standard InChI is InChI=1S/C32H40N4O3/c1-35(2)28-15-9-14-26(18-28)21-33-22-30(37)29(19-25-12-7-4-8-13-25)34-32(39)27-20-31(38)36(23-27)17-16-24-10-5-3-6-11-24/h3-15,18,27,29-30,33,37H,16-17,19-23H2,1-2H3,(H,34,39)/t27-,29+,30?/m1/s1. The molecule has 4 rings (SSSR count). The summed E-state index contributed by atoms with van der Waals surface area (Å²) in [7, 11) is 4.02. The summed E-state index contributed by atoms with van der Waals surface area (Å²) in [6.07, 6.45) is 0.677. The zero-order valence-electron chi connectivity index (χ0n) is 22.9. The molecule has 0 aliphatic carbocycles. The Balaban J connectivity index is 1.34. The highest BCUT2D eigenvalue weighted by molar-refractivity contribution is 5.89. The lowest BCUT2D eigenvalue weighted by Crippen LogP contribution is -2.50. The zero-order valence-corrected chi connectivity index (χ0v) is 22.9. The van der Waals surface area contributed by atoms with Gasteiger partial charge in [0.05, 0.1) is 18.1 Å². The lowest BCUT2D eigenvalue weighted by Gasteiger charge is -2.26. The molecule has 0 radical (unpaired) electrons. The summed E-state index contributed by atoms with van der Waals surface area (Å²) in [4.78, 5) is 29.8. The Morgan fingerprint density at radius 2 is 1.64 bits per heavy atom. The molecule has 3 aromatic rings. The van der Waals surface area contributed by atoms with E-state index in [2.05, 4.69) is 33.7 Å². The lowest BCUT2D eigenvalue weighted by atomic mass is 9.99. The van der Waals surface area contributed by atoms with Crippen LogP contribution in [0, 0.1) is 5.92 Å². The van der Waals surface area contributed by atoms with Crippen LogP contribution in [0.15, 0.2) is 84.9 Å². The number of aliphatic hydroxyl groups excluding tert-OH is 1. The molecule has 7 nitrogen and oxygen atoms in total. The fourth-order valence-electron chi connectivity index (χ4n) is 4.98. The van der Waals surface area contributed by atoms with Crippen LogP contribution >= 0.6 is 0 Å². The number of likely N-dealkylation sites (tertiary alicyclic amines) is 1. The Kier molecular flexibility index (Phi) is 10.1. The topological polar surface area (TPSA) is 84.9 Å². The van der Waals surface area contributed by atoms with Crippen LogP contribution in [-0.2, 0) is 29.0 Å². The largest absolute Gasteiger partial charge is 0.390 e. The first-order valence-electron chi connectivity index (χ1n) is 13.7. The van der Waals surface area contributed by atoms with E-state index in [4.69, 9.17) is 0 Å². The minimum absolute atomic E-state index is 0.00728. The van der Waals surface area contributed by atoms with Crippen LogP contribution in [0.3, 0.4) is 0 Å². The number of benzene rings is 3. The number of amides is 2. The number of anilines is 1. The van der Waals surface area contributed by atoms with Gasteiger partial charge in [0.15, 0.2) is 0 Å². The normalized spacial score (nSPS) is 16.6. The molecular weight excluding hydrogens is 488 g/mol. The Morgan fingerprint density at radius 1 is 0.974 bits per heavy atom. The minimum atomic E-state index is -0.794. The first-order valence-corrected chi connectivity index (χ1v) is 13.7. The van der Waals surface area contributed by atoms with Gasteiger partial charge >= 0.3 is 0 Å². The summed E-state index contributed by atoms with van der Waals surface area (Å²) in [5, 5.41) is 17.6. The van der Waals surface area contributed by atoms with Crippen molar-refractivity contribution in [1.29, 1.82) is 0 Å². The molecular formula is C32H40N4O3. The van der Waals surface area contributed by atoms with Crippen molar-refractivity contribution in [2.75, 3.05) is 38.6 Å². The molecule has 2 amide bonds. The van der Waals surface area contributed by atoms with Crippen molar-refractivity contribution in [3.63, 3.8) is 0 Å². The Bertz CT molecular complexity index is 1200. The van der Waals surface area contributed by atoms with Crippen molar-refractivity contribution < 1.29 is 14.7 Å². The van der Waals surface area contributed by atoms with Crippen molar-refractivity contribution in [3.05, 3.63) is 102 Å². The molecule has 1 saturated heterocycles. The van der Waals surface area contributed by atoms with Gasteiger partial charge in [-0.2, -0.15) is 0 Å². The average molecular weight is 529 g/mol. The highest BCUT2D eigenvalue weighted by atomic mass is 16.3. The van der Waals surface area contributed by atoms with Gasteiger partial charge in [-0.15, -0.1) is 0 Å². The van der Waals surface area contributed by atoms with Crippen LogP contribution in [0.25, 0.3) is 0 Å². The van der Waals surface area contributed by atoms with Gasteiger partial charge in [0.1, 0.15) is 0 Å². The quantitative estimate of drug-likeness (QED) is 0.318. The highest BCUT2D eigenvalue weighted by Gasteiger charge is 2.35. The molecule has 0 bridgehead atoms. The molecule has 0 spiro atoms. The van der Waals surface area contributed by atoms with E-state index in [0.717, 1.165) is 23.2 Å². The second-order valence-electron chi connectivity index (χ2n) is 10.5. The van der Waals surface area contributed by atoms with Crippen LogP contribution in [0.2, 0.25) is 0 Å². The maximum absolute atomic E-state index is 13.3. The molecule has 7 heteroatoms. The summed E-state index contributed by atoms with van der Waals surface area (Å²) in [5.41, 5.74) is 4.45. The molecule has 3 aromatic carbocycles. The average Bonchev–Trinajstić information content (AvgIpc) is 3.33. The Labute approximate surface area is 231 Å². The molecule has 1 unspecified atom stereocenters. The summed E-state index contributed by atoms with van der Waals surface area (Å²) in [5.74, 6) is -0.586. The zero-order chi connectivity index (χ0) is 27.6. The summed E-state index contributed by atoms with van der Waals surface area (Å²) < 4.78 is 0. The van der Waals surface area contributed by atoms with Gasteiger partial charge in [-0.1, -0.05) is 72.8 Å². The van der Waals surface area contributed by atoms with Crippen molar-refractivity contribution >= 4 is 17.5 Å². The molecule has 1 heterocycles. The van der Waals surface area contributed by atoms with E-state index in [-0.39, 0.29) is 18.2 Å². The number of rotatable bonds is 13. The molecule has 0 aromatic heterocycles. The van der Waals surface area contributed by atoms with Gasteiger partial charge in [-0.3, -0.25) is 9.59 Å². The van der Waals surface area contributed by atoms with E-state index in [1.54, 1.807) is 4.90 Å². The van der Waals surface area contributed by atoms with Gasteiger partial charge in [0, 0.05) is 52.4 Å². The predicted molar refractivity (Wildman–Crippen MR) is 155 cm³/mol. The molecule has 3 atom stereocenters. The number of nitrogens with zero attached hydrogens (tertiary/aromatic N) is 2. The third-order valence-electron chi connectivity index (χ3n) is 7.30. The van der Waals surface area contributed by atoms with Crippen LogP contribution in [-0.4, -0.2) is 67.7 Å². The van der Waals surface area contributed by atoms with E-state index in [1.807, 2.05) is 80.8 Å². The second kappa shape index (κ2) is 13.9. The maximum Gasteiger partial charge on any atom is 0.225 e. The van der Waals surface area contributed by atoms with E-state index >= 15 is 0 Å². The summed E-state index contributed by atoms with van der Waals surface area (Å²) in [6, 6.07) is 27.7. The molecule has 1 aliphatic heterocycles. The summed E-state index contributed by atoms with van der Waals surface area (Å²) >= 11 is 0. The first-order chi connectivity index (χ1) is 18.9. The van der Waals surface area contributed by atoms with Gasteiger partial charge in [-0.25, -0.2) is 0 Å². The maximum atomic E-state index is 13.3. The molecule has 0 saturated carbocycles. The molecule has 1 fully saturated rings. The monoisotopic (exact) mass is 528 g/mol. The summed E-state index contributed by atoms with van der Waals surface area (Å²) in [6.45, 7) is 1.95. The van der Waals surface area contributed by atoms with Crippen LogP contribution < -0.4 is 15.5 Å². The van der Waals surface area contributed by atoms with Gasteiger partial charge < -0.3 is 25.5 Å². The molecule has 206 valence electrons. The number of aliphatic hydroxyl groups is 1. The number of hydrogen-bond donors (Lipinski definition) is 3. The predicted octanol–water partition coefficient (Wildman–Crippen LogP) is 3.02. The first kappa shape index (κ1) is 28.3. The van der Waals surface area contributed by atoms with E-state index in [9.17, 15) is 14.7 Å². The van der Waals surface area contributed by atoms with Gasteiger partial charge in [-0.05, 0) is 41.7 Å². The van der Waals surface area contributed by atoms with Crippen molar-refractivity contribution in [3.8, 4) is 0 Å².